The van der Waals surface area contributed by atoms with Gasteiger partial charge in [-0.3, -0.25) is 4.79 Å². The fourth-order valence-electron chi connectivity index (χ4n) is 2.41. The number of nitrogens with one attached hydrogen (secondary N) is 1. The lowest BCUT2D eigenvalue weighted by Gasteiger charge is -2.25. The smallest absolute Gasteiger partial charge is 0.391 e. The molecule has 0 aromatic rings. The first kappa shape index (κ1) is 19.7. The molecule has 2 unspecified atom stereocenters. The van der Waals surface area contributed by atoms with E-state index in [9.17, 15) is 31.2 Å². The largest absolute Gasteiger partial charge is 0.480 e. The van der Waals surface area contributed by atoms with Crippen LogP contribution in [0.2, 0.25) is 0 Å². The Morgan fingerprint density at radius 3 is 2.48 bits per heavy atom. The van der Waals surface area contributed by atoms with Crippen LogP contribution < -0.4 is 5.32 Å². The molecular weight excluding hydrogens is 341 g/mol. The van der Waals surface area contributed by atoms with Crippen molar-refractivity contribution in [1.82, 2.24) is 9.62 Å². The summed E-state index contributed by atoms with van der Waals surface area (Å²) in [5, 5.41) is 10.6. The third-order valence-electron chi connectivity index (χ3n) is 3.38. The van der Waals surface area contributed by atoms with Crippen LogP contribution in [-0.2, 0) is 19.6 Å². The number of carboxylic acids is 1. The summed E-state index contributed by atoms with van der Waals surface area (Å²) in [5.41, 5.74) is 0. The highest BCUT2D eigenvalue weighted by molar-refractivity contribution is 7.89. The lowest BCUT2D eigenvalue weighted by atomic mass is 10.1. The zero-order chi connectivity index (χ0) is 17.8. The average Bonchev–Trinajstić information content (AvgIpc) is 2.86. The highest BCUT2D eigenvalue weighted by atomic mass is 32.2. The Labute approximate surface area is 131 Å². The van der Waals surface area contributed by atoms with Gasteiger partial charge in [0, 0.05) is 6.54 Å². The van der Waals surface area contributed by atoms with Gasteiger partial charge in [-0.1, -0.05) is 6.92 Å². The van der Waals surface area contributed by atoms with Crippen LogP contribution in [0.3, 0.4) is 0 Å². The summed E-state index contributed by atoms with van der Waals surface area (Å²) in [4.78, 5) is 22.9. The van der Waals surface area contributed by atoms with Crippen LogP contribution in [0.5, 0.6) is 0 Å². The normalized spacial score (nSPS) is 21.1. The van der Waals surface area contributed by atoms with Crippen LogP contribution in [0.1, 0.15) is 32.6 Å². The molecule has 134 valence electrons. The lowest BCUT2D eigenvalue weighted by molar-refractivity contribution is -0.160. The van der Waals surface area contributed by atoms with Crippen molar-refractivity contribution in [1.29, 1.82) is 0 Å². The quantitative estimate of drug-likeness (QED) is 0.696. The van der Waals surface area contributed by atoms with E-state index in [0.717, 1.165) is 4.31 Å². The SMILES string of the molecule is CCCS(=O)(=O)N1CCCC1C(=O)NC(CC(F)(F)F)C(=O)O. The Morgan fingerprint density at radius 1 is 1.39 bits per heavy atom. The number of nitrogens with zero attached hydrogens (tertiary/aromatic N) is 1. The Hall–Kier alpha value is -1.36. The molecule has 1 fully saturated rings. The summed E-state index contributed by atoms with van der Waals surface area (Å²) >= 11 is 0. The number of sulfonamides is 1. The fourth-order valence-corrected chi connectivity index (χ4v) is 4.16. The monoisotopic (exact) mass is 360 g/mol. The van der Waals surface area contributed by atoms with Crippen molar-refractivity contribution in [3.8, 4) is 0 Å². The average molecular weight is 360 g/mol. The molecule has 1 saturated heterocycles. The topological polar surface area (TPSA) is 104 Å². The van der Waals surface area contributed by atoms with Gasteiger partial charge < -0.3 is 10.4 Å². The van der Waals surface area contributed by atoms with Gasteiger partial charge >= 0.3 is 12.1 Å². The van der Waals surface area contributed by atoms with Crippen LogP contribution >= 0.6 is 0 Å². The van der Waals surface area contributed by atoms with Crippen molar-refractivity contribution in [3.05, 3.63) is 0 Å². The second-order valence-corrected chi connectivity index (χ2v) is 7.34. The van der Waals surface area contributed by atoms with Crippen molar-refractivity contribution in [2.24, 2.45) is 0 Å². The third kappa shape index (κ3) is 5.65. The van der Waals surface area contributed by atoms with E-state index in [4.69, 9.17) is 5.11 Å². The number of carbonyl (C=O) groups excluding carboxylic acids is 1. The second-order valence-electron chi connectivity index (χ2n) is 5.30. The standard InChI is InChI=1S/C12H19F3N2O5S/c1-2-6-23(21,22)17-5-3-4-9(17)10(18)16-8(11(19)20)7-12(13,14)15/h8-9H,2-7H2,1H3,(H,16,18)(H,19,20). The summed E-state index contributed by atoms with van der Waals surface area (Å²) in [6.45, 7) is 1.74. The number of carbonyl (C=O) groups is 2. The van der Waals surface area contributed by atoms with Crippen LogP contribution in [0.15, 0.2) is 0 Å². The van der Waals surface area contributed by atoms with E-state index in [2.05, 4.69) is 0 Å². The third-order valence-corrected chi connectivity index (χ3v) is 5.45. The van der Waals surface area contributed by atoms with E-state index < -0.39 is 46.6 Å². The van der Waals surface area contributed by atoms with Crippen LogP contribution in [0, 0.1) is 0 Å². The number of aliphatic carboxylic acids is 1. The van der Waals surface area contributed by atoms with Gasteiger partial charge in [-0.05, 0) is 19.3 Å². The molecule has 0 aromatic carbocycles. The molecule has 1 aliphatic rings. The summed E-state index contributed by atoms with van der Waals surface area (Å²) in [6, 6.07) is -3.31. The van der Waals surface area contributed by atoms with Gasteiger partial charge in [0.2, 0.25) is 15.9 Å². The molecule has 0 radical (unpaired) electrons. The molecule has 0 aromatic heterocycles. The number of carboxylic acid groups (broad SMARTS) is 1. The molecule has 7 nitrogen and oxygen atoms in total. The van der Waals surface area contributed by atoms with E-state index in [1.54, 1.807) is 12.2 Å². The van der Waals surface area contributed by atoms with E-state index in [1.165, 1.54) is 0 Å². The van der Waals surface area contributed by atoms with Crippen molar-refractivity contribution >= 4 is 21.9 Å². The maximum Gasteiger partial charge on any atom is 0.391 e. The molecule has 0 bridgehead atoms. The molecule has 0 aliphatic carbocycles. The first-order chi connectivity index (χ1) is 10.5. The van der Waals surface area contributed by atoms with Gasteiger partial charge in [-0.25, -0.2) is 13.2 Å². The number of rotatable bonds is 7. The Kier molecular flexibility index (Phi) is 6.40. The zero-order valence-electron chi connectivity index (χ0n) is 12.5. The molecule has 11 heteroatoms. The second kappa shape index (κ2) is 7.47. The zero-order valence-corrected chi connectivity index (χ0v) is 13.3. The minimum absolute atomic E-state index is 0.0947. The first-order valence-corrected chi connectivity index (χ1v) is 8.68. The number of hydrogen-bond donors (Lipinski definition) is 2. The summed E-state index contributed by atoms with van der Waals surface area (Å²) in [7, 11) is -3.69. The van der Waals surface area contributed by atoms with E-state index in [1.807, 2.05) is 0 Å². The van der Waals surface area contributed by atoms with Gasteiger partial charge in [-0.15, -0.1) is 0 Å². The summed E-state index contributed by atoms with van der Waals surface area (Å²) in [6.07, 6.45) is -5.62. The molecule has 1 rings (SSSR count). The van der Waals surface area contributed by atoms with Crippen LogP contribution in [0.25, 0.3) is 0 Å². The van der Waals surface area contributed by atoms with E-state index in [-0.39, 0.29) is 18.7 Å². The lowest BCUT2D eigenvalue weighted by Crippen LogP contribution is -2.52. The van der Waals surface area contributed by atoms with Gasteiger partial charge in [0.25, 0.3) is 0 Å². The molecular formula is C12H19F3N2O5S. The van der Waals surface area contributed by atoms with Gasteiger partial charge in [0.15, 0.2) is 0 Å². The van der Waals surface area contributed by atoms with Crippen molar-refractivity contribution in [2.75, 3.05) is 12.3 Å². The minimum Gasteiger partial charge on any atom is -0.480 e. The molecule has 0 saturated carbocycles. The maximum absolute atomic E-state index is 12.3. The molecule has 1 aliphatic heterocycles. The minimum atomic E-state index is -4.76. The van der Waals surface area contributed by atoms with Gasteiger partial charge in [-0.2, -0.15) is 17.5 Å². The highest BCUT2D eigenvalue weighted by Gasteiger charge is 2.41. The van der Waals surface area contributed by atoms with E-state index >= 15 is 0 Å². The molecule has 2 atom stereocenters. The highest BCUT2D eigenvalue weighted by Crippen LogP contribution is 2.24. The number of amides is 1. The first-order valence-electron chi connectivity index (χ1n) is 7.07. The van der Waals surface area contributed by atoms with Crippen molar-refractivity contribution in [3.63, 3.8) is 0 Å². The molecule has 23 heavy (non-hydrogen) atoms. The molecule has 2 N–H and O–H groups in total. The summed E-state index contributed by atoms with van der Waals surface area (Å²) in [5.74, 6) is -3.02. The fraction of sp³-hybridized carbons (Fsp3) is 0.833. The van der Waals surface area contributed by atoms with Crippen molar-refractivity contribution in [2.45, 2.75) is 50.9 Å². The predicted octanol–water partition coefficient (Wildman–Crippen LogP) is 0.712. The number of halogens is 3. The van der Waals surface area contributed by atoms with E-state index in [0.29, 0.717) is 12.8 Å². The maximum atomic E-state index is 12.3. The van der Waals surface area contributed by atoms with Crippen LogP contribution in [0.4, 0.5) is 13.2 Å². The van der Waals surface area contributed by atoms with Crippen LogP contribution in [-0.4, -0.2) is 60.3 Å². The molecule has 1 amide bonds. The van der Waals surface area contributed by atoms with Crippen molar-refractivity contribution < 1.29 is 36.3 Å². The number of hydrogen-bond acceptors (Lipinski definition) is 4. The Morgan fingerprint density at radius 2 is 2.00 bits per heavy atom. The Bertz CT molecular complexity index is 549. The van der Waals surface area contributed by atoms with Gasteiger partial charge in [0.05, 0.1) is 12.2 Å². The predicted molar refractivity (Wildman–Crippen MR) is 74.0 cm³/mol. The van der Waals surface area contributed by atoms with Gasteiger partial charge in [0.1, 0.15) is 12.1 Å². The summed E-state index contributed by atoms with van der Waals surface area (Å²) < 4.78 is 62.1. The Balaban J connectivity index is 2.84. The number of alkyl halides is 3. The molecule has 0 spiro atoms. The molecule has 1 heterocycles.